The third-order valence-corrected chi connectivity index (χ3v) is 2.92. The Bertz CT molecular complexity index is 676. The maximum Gasteiger partial charge on any atom is 0.275 e. The molecule has 1 heterocycles. The van der Waals surface area contributed by atoms with Crippen LogP contribution < -0.4 is 10.6 Å². The van der Waals surface area contributed by atoms with Crippen LogP contribution in [0.15, 0.2) is 36.7 Å². The number of carbonyl (C=O) groups is 2. The molecule has 1 aromatic heterocycles. The Morgan fingerprint density at radius 2 is 2.00 bits per heavy atom. The standard InChI is InChI=1S/C14H13ClN4O2/c1-16-13(20)6-9-4-2-3-5-10(9)19-14(21)11-7-17-8-12(15)18-11/h2-5,7-8H,6H2,1H3,(H,16,20)(H,19,21). The minimum atomic E-state index is -0.436. The molecule has 0 aliphatic carbocycles. The molecule has 0 spiro atoms. The van der Waals surface area contributed by atoms with Crippen molar-refractivity contribution in [2.75, 3.05) is 12.4 Å². The normalized spacial score (nSPS) is 10.0. The van der Waals surface area contributed by atoms with Crippen LogP contribution in [0.4, 0.5) is 5.69 Å². The van der Waals surface area contributed by atoms with Gasteiger partial charge in [0.05, 0.1) is 18.8 Å². The summed E-state index contributed by atoms with van der Waals surface area (Å²) in [4.78, 5) is 31.3. The number of aromatic nitrogens is 2. The molecule has 108 valence electrons. The van der Waals surface area contributed by atoms with E-state index in [0.717, 1.165) is 0 Å². The van der Waals surface area contributed by atoms with Crippen LogP contribution in [-0.4, -0.2) is 28.8 Å². The van der Waals surface area contributed by atoms with Gasteiger partial charge in [0, 0.05) is 12.7 Å². The van der Waals surface area contributed by atoms with E-state index >= 15 is 0 Å². The maximum absolute atomic E-state index is 12.1. The van der Waals surface area contributed by atoms with Gasteiger partial charge in [-0.2, -0.15) is 0 Å². The van der Waals surface area contributed by atoms with E-state index in [9.17, 15) is 9.59 Å². The number of amides is 2. The van der Waals surface area contributed by atoms with E-state index < -0.39 is 5.91 Å². The summed E-state index contributed by atoms with van der Waals surface area (Å²) in [6.45, 7) is 0. The van der Waals surface area contributed by atoms with E-state index in [2.05, 4.69) is 20.6 Å². The van der Waals surface area contributed by atoms with Crippen molar-refractivity contribution in [2.24, 2.45) is 0 Å². The summed E-state index contributed by atoms with van der Waals surface area (Å²) in [6, 6.07) is 7.06. The molecule has 0 aliphatic heterocycles. The molecule has 2 amide bonds. The zero-order valence-electron chi connectivity index (χ0n) is 11.3. The van der Waals surface area contributed by atoms with Crippen LogP contribution >= 0.6 is 11.6 Å². The lowest BCUT2D eigenvalue weighted by Gasteiger charge is -2.10. The van der Waals surface area contributed by atoms with Crippen LogP contribution in [0.1, 0.15) is 16.1 Å². The average molecular weight is 305 g/mol. The first kappa shape index (κ1) is 14.9. The number of halogens is 1. The molecule has 2 aromatic rings. The van der Waals surface area contributed by atoms with Gasteiger partial charge in [0.2, 0.25) is 5.91 Å². The highest BCUT2D eigenvalue weighted by Gasteiger charge is 2.12. The van der Waals surface area contributed by atoms with E-state index in [1.807, 2.05) is 0 Å². The predicted octanol–water partition coefficient (Wildman–Crippen LogP) is 1.67. The number of hydrogen-bond acceptors (Lipinski definition) is 4. The van der Waals surface area contributed by atoms with Crippen molar-refractivity contribution in [1.29, 1.82) is 0 Å². The Morgan fingerprint density at radius 3 is 2.71 bits per heavy atom. The monoisotopic (exact) mass is 304 g/mol. The Balaban J connectivity index is 2.19. The molecule has 1 aromatic carbocycles. The van der Waals surface area contributed by atoms with Crippen molar-refractivity contribution < 1.29 is 9.59 Å². The fourth-order valence-electron chi connectivity index (χ4n) is 1.70. The maximum atomic E-state index is 12.1. The second-order valence-electron chi connectivity index (χ2n) is 4.19. The molecule has 0 saturated carbocycles. The van der Waals surface area contributed by atoms with Crippen LogP contribution in [0.3, 0.4) is 0 Å². The number of anilines is 1. The fourth-order valence-corrected chi connectivity index (χ4v) is 1.84. The van der Waals surface area contributed by atoms with Gasteiger partial charge in [0.25, 0.3) is 5.91 Å². The molecule has 0 radical (unpaired) electrons. The first-order valence-electron chi connectivity index (χ1n) is 6.17. The molecule has 0 aliphatic rings. The smallest absolute Gasteiger partial charge is 0.275 e. The fraction of sp³-hybridized carbons (Fsp3) is 0.143. The molecule has 2 N–H and O–H groups in total. The van der Waals surface area contributed by atoms with Crippen LogP contribution in [0.25, 0.3) is 0 Å². The first-order chi connectivity index (χ1) is 10.1. The molecular formula is C14H13ClN4O2. The van der Waals surface area contributed by atoms with E-state index in [1.54, 1.807) is 31.3 Å². The summed E-state index contributed by atoms with van der Waals surface area (Å²) in [7, 11) is 1.56. The molecular weight excluding hydrogens is 292 g/mol. The van der Waals surface area contributed by atoms with Crippen molar-refractivity contribution in [2.45, 2.75) is 6.42 Å². The quantitative estimate of drug-likeness (QED) is 0.900. The third kappa shape index (κ3) is 4.00. The predicted molar refractivity (Wildman–Crippen MR) is 79.2 cm³/mol. The molecule has 0 bridgehead atoms. The second kappa shape index (κ2) is 6.81. The number of carbonyl (C=O) groups excluding carboxylic acids is 2. The minimum absolute atomic E-state index is 0.109. The van der Waals surface area contributed by atoms with Gasteiger partial charge in [-0.05, 0) is 11.6 Å². The molecule has 0 atom stereocenters. The van der Waals surface area contributed by atoms with Crippen molar-refractivity contribution in [1.82, 2.24) is 15.3 Å². The third-order valence-electron chi connectivity index (χ3n) is 2.73. The van der Waals surface area contributed by atoms with E-state index in [0.29, 0.717) is 11.3 Å². The Labute approximate surface area is 126 Å². The lowest BCUT2D eigenvalue weighted by Crippen LogP contribution is -2.21. The Kier molecular flexibility index (Phi) is 4.84. The summed E-state index contributed by atoms with van der Waals surface area (Å²) >= 11 is 5.70. The highest BCUT2D eigenvalue weighted by atomic mass is 35.5. The summed E-state index contributed by atoms with van der Waals surface area (Å²) < 4.78 is 0. The molecule has 0 saturated heterocycles. The van der Waals surface area contributed by atoms with Crippen molar-refractivity contribution in [3.63, 3.8) is 0 Å². The van der Waals surface area contributed by atoms with E-state index in [1.165, 1.54) is 12.4 Å². The van der Waals surface area contributed by atoms with Gasteiger partial charge < -0.3 is 10.6 Å². The number of hydrogen-bond donors (Lipinski definition) is 2. The van der Waals surface area contributed by atoms with Gasteiger partial charge in [0.1, 0.15) is 10.8 Å². The zero-order valence-corrected chi connectivity index (χ0v) is 12.0. The summed E-state index contributed by atoms with van der Waals surface area (Å²) in [5, 5.41) is 5.39. The minimum Gasteiger partial charge on any atom is -0.359 e. The Hall–Kier alpha value is -2.47. The number of rotatable bonds is 4. The Morgan fingerprint density at radius 1 is 1.24 bits per heavy atom. The van der Waals surface area contributed by atoms with Gasteiger partial charge >= 0.3 is 0 Å². The number of para-hydroxylation sites is 1. The lowest BCUT2D eigenvalue weighted by atomic mass is 10.1. The second-order valence-corrected chi connectivity index (χ2v) is 4.58. The molecule has 0 unspecified atom stereocenters. The zero-order chi connectivity index (χ0) is 15.2. The number of benzene rings is 1. The largest absolute Gasteiger partial charge is 0.359 e. The number of nitrogens with zero attached hydrogens (tertiary/aromatic N) is 2. The van der Waals surface area contributed by atoms with Crippen LogP contribution in [0.2, 0.25) is 5.15 Å². The van der Waals surface area contributed by atoms with Crippen molar-refractivity contribution >= 4 is 29.1 Å². The lowest BCUT2D eigenvalue weighted by molar-refractivity contribution is -0.119. The molecule has 21 heavy (non-hydrogen) atoms. The van der Waals surface area contributed by atoms with Gasteiger partial charge in [-0.15, -0.1) is 0 Å². The summed E-state index contributed by atoms with van der Waals surface area (Å²) in [5.74, 6) is -0.575. The van der Waals surface area contributed by atoms with Crippen LogP contribution in [0.5, 0.6) is 0 Å². The van der Waals surface area contributed by atoms with Crippen molar-refractivity contribution in [3.05, 3.63) is 53.1 Å². The van der Waals surface area contributed by atoms with Gasteiger partial charge in [-0.25, -0.2) is 4.98 Å². The van der Waals surface area contributed by atoms with E-state index in [4.69, 9.17) is 11.6 Å². The molecule has 0 fully saturated rings. The summed E-state index contributed by atoms with van der Waals surface area (Å²) in [5.41, 5.74) is 1.37. The van der Waals surface area contributed by atoms with E-state index in [-0.39, 0.29) is 23.2 Å². The molecule has 6 nitrogen and oxygen atoms in total. The topological polar surface area (TPSA) is 84.0 Å². The highest BCUT2D eigenvalue weighted by Crippen LogP contribution is 2.16. The first-order valence-corrected chi connectivity index (χ1v) is 6.55. The molecule has 7 heteroatoms. The van der Waals surface area contributed by atoms with Gasteiger partial charge in [-0.3, -0.25) is 14.6 Å². The van der Waals surface area contributed by atoms with Crippen LogP contribution in [-0.2, 0) is 11.2 Å². The number of nitrogens with one attached hydrogen (secondary N) is 2. The SMILES string of the molecule is CNC(=O)Cc1ccccc1NC(=O)c1cncc(Cl)n1. The van der Waals surface area contributed by atoms with Gasteiger partial charge in [0.15, 0.2) is 0 Å². The van der Waals surface area contributed by atoms with Crippen molar-refractivity contribution in [3.8, 4) is 0 Å². The van der Waals surface area contributed by atoms with Gasteiger partial charge in [-0.1, -0.05) is 29.8 Å². The number of likely N-dealkylation sites (N-methyl/N-ethyl adjacent to an activating group) is 1. The van der Waals surface area contributed by atoms with Crippen LogP contribution in [0, 0.1) is 0 Å². The summed E-state index contributed by atoms with van der Waals surface area (Å²) in [6.07, 6.45) is 2.84. The molecule has 2 rings (SSSR count). The highest BCUT2D eigenvalue weighted by molar-refractivity contribution is 6.29. The average Bonchev–Trinajstić information content (AvgIpc) is 2.49.